The molecule has 1 aliphatic rings. The molecule has 0 radical (unpaired) electrons. The average Bonchev–Trinajstić information content (AvgIpc) is 3.00. The normalized spacial score (nSPS) is 18.6. The third-order valence-corrected chi connectivity index (χ3v) is 3.34. The Bertz CT molecular complexity index is 671. The van der Waals surface area contributed by atoms with E-state index in [1.807, 2.05) is 18.2 Å². The second-order valence-electron chi connectivity index (χ2n) is 4.49. The maximum absolute atomic E-state index is 11.5. The highest BCUT2D eigenvalue weighted by Gasteiger charge is 2.30. The molecule has 1 aromatic heterocycles. The van der Waals surface area contributed by atoms with Gasteiger partial charge in [0.25, 0.3) is 5.95 Å². The summed E-state index contributed by atoms with van der Waals surface area (Å²) in [5, 5.41) is 10.7. The molecule has 0 saturated heterocycles. The summed E-state index contributed by atoms with van der Waals surface area (Å²) < 4.78 is 10.0. The second-order valence-corrected chi connectivity index (χ2v) is 4.49. The van der Waals surface area contributed by atoms with Crippen molar-refractivity contribution < 1.29 is 19.1 Å². The molecule has 5 nitrogen and oxygen atoms in total. The van der Waals surface area contributed by atoms with Crippen molar-refractivity contribution in [2.45, 2.75) is 6.42 Å². The van der Waals surface area contributed by atoms with Crippen molar-refractivity contribution in [2.24, 2.45) is 10.9 Å². The fourth-order valence-corrected chi connectivity index (χ4v) is 2.40. The number of ether oxygens (including phenoxy) is 1. The fraction of sp³-hybridized carbons (Fsp3) is 0.286. The lowest BCUT2D eigenvalue weighted by Crippen LogP contribution is -2.17. The van der Waals surface area contributed by atoms with Gasteiger partial charge in [-0.05, 0) is 6.07 Å². The molecule has 19 heavy (non-hydrogen) atoms. The summed E-state index contributed by atoms with van der Waals surface area (Å²) in [6.45, 7) is 0.390. The molecule has 1 N–H and O–H groups in total. The zero-order chi connectivity index (χ0) is 13.4. The van der Waals surface area contributed by atoms with E-state index in [0.29, 0.717) is 29.8 Å². The Morgan fingerprint density at radius 3 is 3.05 bits per heavy atom. The van der Waals surface area contributed by atoms with Crippen LogP contribution in [0.3, 0.4) is 0 Å². The highest BCUT2D eigenvalue weighted by molar-refractivity contribution is 6.13. The minimum atomic E-state index is -0.272. The molecule has 3 rings (SSSR count). The van der Waals surface area contributed by atoms with Crippen LogP contribution in [0.15, 0.2) is 33.7 Å². The van der Waals surface area contributed by atoms with Gasteiger partial charge in [-0.25, -0.2) is 0 Å². The van der Waals surface area contributed by atoms with Crippen LogP contribution in [0.4, 0.5) is 0 Å². The molecule has 1 unspecified atom stereocenters. The van der Waals surface area contributed by atoms with E-state index in [2.05, 4.69) is 4.99 Å². The first kappa shape index (κ1) is 11.8. The van der Waals surface area contributed by atoms with E-state index < -0.39 is 0 Å². The lowest BCUT2D eigenvalue weighted by Gasteiger charge is -2.05. The van der Waals surface area contributed by atoms with Crippen LogP contribution in [-0.2, 0) is 9.53 Å². The molecule has 1 aromatic carbocycles. The van der Waals surface area contributed by atoms with E-state index in [-0.39, 0.29) is 17.8 Å². The monoisotopic (exact) mass is 259 g/mol. The van der Waals surface area contributed by atoms with Crippen molar-refractivity contribution in [1.82, 2.24) is 0 Å². The molecule has 2 heterocycles. The number of hydrogen-bond donors (Lipinski definition) is 1. The Morgan fingerprint density at radius 1 is 1.47 bits per heavy atom. The number of furan rings is 1. The van der Waals surface area contributed by atoms with Crippen LogP contribution in [0.25, 0.3) is 11.0 Å². The summed E-state index contributed by atoms with van der Waals surface area (Å²) in [4.78, 5) is 15.8. The maximum atomic E-state index is 11.5. The first-order valence-electron chi connectivity index (χ1n) is 6.02. The first-order valence-corrected chi connectivity index (χ1v) is 6.02. The van der Waals surface area contributed by atoms with E-state index in [1.54, 1.807) is 6.07 Å². The number of hydrogen-bond acceptors (Lipinski definition) is 5. The van der Waals surface area contributed by atoms with E-state index in [4.69, 9.17) is 9.15 Å². The Labute approximate surface area is 109 Å². The number of carbonyl (C=O) groups excluding carboxylic acids is 1. The largest absolute Gasteiger partial charge is 0.480 e. The predicted molar refractivity (Wildman–Crippen MR) is 69.4 cm³/mol. The van der Waals surface area contributed by atoms with Crippen LogP contribution in [0, 0.1) is 5.92 Å². The molecule has 5 heteroatoms. The van der Waals surface area contributed by atoms with E-state index in [9.17, 15) is 9.90 Å². The molecule has 1 aliphatic heterocycles. The number of methoxy groups -OCH3 is 1. The van der Waals surface area contributed by atoms with Crippen LogP contribution < -0.4 is 0 Å². The summed E-state index contributed by atoms with van der Waals surface area (Å²) in [5.41, 5.74) is 1.89. The Hall–Kier alpha value is -2.30. The fourth-order valence-electron chi connectivity index (χ4n) is 2.40. The third-order valence-electron chi connectivity index (χ3n) is 3.34. The SMILES string of the molecule is COC(=O)C1CN=C(c2c(O)oc3ccccc23)C1. The maximum Gasteiger partial charge on any atom is 0.310 e. The topological polar surface area (TPSA) is 72.0 Å². The summed E-state index contributed by atoms with van der Waals surface area (Å²) in [5.74, 6) is -0.690. The van der Waals surface area contributed by atoms with Gasteiger partial charge in [0, 0.05) is 11.8 Å². The van der Waals surface area contributed by atoms with Crippen LogP contribution >= 0.6 is 0 Å². The second kappa shape index (κ2) is 4.42. The number of esters is 1. The van der Waals surface area contributed by atoms with Gasteiger partial charge >= 0.3 is 5.97 Å². The third kappa shape index (κ3) is 1.87. The summed E-state index contributed by atoms with van der Waals surface area (Å²) >= 11 is 0. The van der Waals surface area contributed by atoms with Crippen molar-refractivity contribution >= 4 is 22.7 Å². The quantitative estimate of drug-likeness (QED) is 0.838. The highest BCUT2D eigenvalue weighted by atomic mass is 16.5. The number of benzene rings is 1. The lowest BCUT2D eigenvalue weighted by atomic mass is 10.0. The predicted octanol–water partition coefficient (Wildman–Crippen LogP) is 2.12. The molecule has 2 aromatic rings. The summed E-state index contributed by atoms with van der Waals surface area (Å²) in [6.07, 6.45) is 0.462. The lowest BCUT2D eigenvalue weighted by molar-refractivity contribution is -0.144. The molecule has 0 fully saturated rings. The average molecular weight is 259 g/mol. The van der Waals surface area contributed by atoms with Gasteiger partial charge in [0.2, 0.25) is 0 Å². The van der Waals surface area contributed by atoms with E-state index >= 15 is 0 Å². The number of para-hydroxylation sites is 1. The van der Waals surface area contributed by atoms with Gasteiger partial charge in [-0.1, -0.05) is 18.2 Å². The molecule has 0 spiro atoms. The molecule has 98 valence electrons. The minimum absolute atomic E-state index is 0.148. The summed E-state index contributed by atoms with van der Waals surface area (Å²) in [6, 6.07) is 7.35. The van der Waals surface area contributed by atoms with Gasteiger partial charge in [0.15, 0.2) is 0 Å². The number of aliphatic imine (C=N–C) groups is 1. The molecule has 0 bridgehead atoms. The van der Waals surface area contributed by atoms with Gasteiger partial charge in [-0.2, -0.15) is 0 Å². The minimum Gasteiger partial charge on any atom is -0.480 e. The van der Waals surface area contributed by atoms with Crippen LogP contribution in [0.1, 0.15) is 12.0 Å². The first-order chi connectivity index (χ1) is 9.20. The van der Waals surface area contributed by atoms with E-state index in [1.165, 1.54) is 7.11 Å². The van der Waals surface area contributed by atoms with Gasteiger partial charge in [-0.15, -0.1) is 0 Å². The Balaban J connectivity index is 1.98. The smallest absolute Gasteiger partial charge is 0.310 e. The van der Waals surface area contributed by atoms with Gasteiger partial charge in [0.1, 0.15) is 5.58 Å². The number of rotatable bonds is 2. The van der Waals surface area contributed by atoms with Crippen molar-refractivity contribution in [3.8, 4) is 5.95 Å². The number of carbonyl (C=O) groups is 1. The number of aromatic hydroxyl groups is 1. The van der Waals surface area contributed by atoms with Crippen molar-refractivity contribution in [3.63, 3.8) is 0 Å². The van der Waals surface area contributed by atoms with Gasteiger partial charge < -0.3 is 14.3 Å². The van der Waals surface area contributed by atoms with E-state index in [0.717, 1.165) is 5.39 Å². The highest BCUT2D eigenvalue weighted by Crippen LogP contribution is 2.34. The zero-order valence-electron chi connectivity index (χ0n) is 10.4. The standard InChI is InChI=1S/C14H13NO4/c1-18-13(16)8-6-10(15-7-8)12-9-4-2-3-5-11(9)19-14(12)17/h2-5,8,17H,6-7H2,1H3. The van der Waals surface area contributed by atoms with Crippen molar-refractivity contribution in [2.75, 3.05) is 13.7 Å². The van der Waals surface area contributed by atoms with Crippen LogP contribution in [0.2, 0.25) is 0 Å². The van der Waals surface area contributed by atoms with Gasteiger partial charge in [-0.3, -0.25) is 9.79 Å². The van der Waals surface area contributed by atoms with Gasteiger partial charge in [0.05, 0.1) is 30.8 Å². The van der Waals surface area contributed by atoms with Crippen LogP contribution in [0.5, 0.6) is 5.95 Å². The van der Waals surface area contributed by atoms with Crippen molar-refractivity contribution in [1.29, 1.82) is 0 Å². The van der Waals surface area contributed by atoms with Crippen molar-refractivity contribution in [3.05, 3.63) is 29.8 Å². The summed E-state index contributed by atoms with van der Waals surface area (Å²) in [7, 11) is 1.37. The molecule has 1 atom stereocenters. The molecule has 0 aliphatic carbocycles. The molecule has 0 saturated carbocycles. The zero-order valence-corrected chi connectivity index (χ0v) is 10.4. The number of fused-ring (bicyclic) bond motifs is 1. The number of nitrogens with zero attached hydrogens (tertiary/aromatic N) is 1. The molecular formula is C14H13NO4. The molecular weight excluding hydrogens is 246 g/mol. The Kier molecular flexibility index (Phi) is 2.74. The Morgan fingerprint density at radius 2 is 2.26 bits per heavy atom. The molecule has 0 amide bonds. The van der Waals surface area contributed by atoms with Crippen LogP contribution in [-0.4, -0.2) is 30.4 Å².